The molecular formula is C22H21N3O4. The van der Waals surface area contributed by atoms with Crippen LogP contribution in [-0.4, -0.2) is 48.0 Å². The van der Waals surface area contributed by atoms with Gasteiger partial charge < -0.3 is 19.5 Å². The third-order valence-electron chi connectivity index (χ3n) is 5.13. The maximum Gasteiger partial charge on any atom is 0.270 e. The molecule has 0 spiro atoms. The standard InChI is InChI=1S/C22H21N3O4/c1-29-20-14-25-12-11-24(22(28)18(25)13-19(20)26)10-9-23-21(27)17-8-4-6-15-5-2-3-7-16(15)17/h2-8,13-14H,9-12H2,1H3,(H,23,27). The van der Waals surface area contributed by atoms with Crippen LogP contribution < -0.4 is 15.5 Å². The number of carbonyl (C=O) groups is 2. The number of aromatic nitrogens is 1. The fourth-order valence-electron chi connectivity index (χ4n) is 3.60. The van der Waals surface area contributed by atoms with Gasteiger partial charge in [-0.25, -0.2) is 0 Å². The largest absolute Gasteiger partial charge is 0.491 e. The van der Waals surface area contributed by atoms with E-state index in [0.717, 1.165) is 10.8 Å². The van der Waals surface area contributed by atoms with Crippen molar-refractivity contribution >= 4 is 22.6 Å². The number of pyridine rings is 1. The number of hydrogen-bond donors (Lipinski definition) is 1. The van der Waals surface area contributed by atoms with Crippen molar-refractivity contribution in [2.75, 3.05) is 26.7 Å². The van der Waals surface area contributed by atoms with Crippen molar-refractivity contribution in [3.8, 4) is 5.75 Å². The summed E-state index contributed by atoms with van der Waals surface area (Å²) in [5, 5.41) is 4.79. The van der Waals surface area contributed by atoms with E-state index < -0.39 is 0 Å². The molecule has 0 saturated carbocycles. The van der Waals surface area contributed by atoms with E-state index in [1.807, 2.05) is 36.4 Å². The average molecular weight is 391 g/mol. The number of ether oxygens (including phenoxy) is 1. The van der Waals surface area contributed by atoms with E-state index in [0.29, 0.717) is 37.4 Å². The number of methoxy groups -OCH3 is 1. The van der Waals surface area contributed by atoms with E-state index >= 15 is 0 Å². The number of hydrogen-bond acceptors (Lipinski definition) is 4. The summed E-state index contributed by atoms with van der Waals surface area (Å²) < 4.78 is 6.76. The molecule has 0 aliphatic carbocycles. The monoisotopic (exact) mass is 391 g/mol. The van der Waals surface area contributed by atoms with Crippen LogP contribution in [0.5, 0.6) is 5.75 Å². The van der Waals surface area contributed by atoms with Crippen LogP contribution >= 0.6 is 0 Å². The van der Waals surface area contributed by atoms with Crippen molar-refractivity contribution in [3.63, 3.8) is 0 Å². The van der Waals surface area contributed by atoms with Crippen LogP contribution in [0.25, 0.3) is 10.8 Å². The molecule has 3 aromatic rings. The van der Waals surface area contributed by atoms with Crippen molar-refractivity contribution in [2.24, 2.45) is 0 Å². The minimum Gasteiger partial charge on any atom is -0.491 e. The number of benzene rings is 2. The van der Waals surface area contributed by atoms with E-state index in [1.54, 1.807) is 21.7 Å². The molecule has 7 nitrogen and oxygen atoms in total. The lowest BCUT2D eigenvalue weighted by Crippen LogP contribution is -2.45. The summed E-state index contributed by atoms with van der Waals surface area (Å²) in [4.78, 5) is 38.9. The minimum absolute atomic E-state index is 0.174. The SMILES string of the molecule is COc1cn2c(cc1=O)C(=O)N(CCNC(=O)c1cccc3ccccc13)CC2. The molecule has 148 valence electrons. The van der Waals surface area contributed by atoms with Crippen molar-refractivity contribution in [2.45, 2.75) is 6.54 Å². The Morgan fingerprint density at radius 3 is 2.72 bits per heavy atom. The average Bonchev–Trinajstić information content (AvgIpc) is 2.75. The molecule has 0 atom stereocenters. The molecule has 1 aliphatic rings. The van der Waals surface area contributed by atoms with Gasteiger partial charge in [-0.2, -0.15) is 0 Å². The quantitative estimate of drug-likeness (QED) is 0.720. The van der Waals surface area contributed by atoms with Crippen molar-refractivity contribution in [1.82, 2.24) is 14.8 Å². The maximum absolute atomic E-state index is 12.7. The summed E-state index contributed by atoms with van der Waals surface area (Å²) in [5.41, 5.74) is 0.623. The van der Waals surface area contributed by atoms with E-state index in [1.165, 1.54) is 13.2 Å². The fourth-order valence-corrected chi connectivity index (χ4v) is 3.60. The van der Waals surface area contributed by atoms with E-state index in [4.69, 9.17) is 4.74 Å². The zero-order valence-corrected chi connectivity index (χ0v) is 16.1. The van der Waals surface area contributed by atoms with Crippen molar-refractivity contribution < 1.29 is 14.3 Å². The van der Waals surface area contributed by atoms with Gasteiger partial charge in [-0.05, 0) is 16.8 Å². The first-order valence-electron chi connectivity index (χ1n) is 9.42. The van der Waals surface area contributed by atoms with Crippen LogP contribution in [0.3, 0.4) is 0 Å². The molecule has 0 radical (unpaired) electrons. The Balaban J connectivity index is 1.42. The first kappa shape index (κ1) is 18.7. The summed E-state index contributed by atoms with van der Waals surface area (Å²) in [6.45, 7) is 1.76. The Bertz CT molecular complexity index is 1150. The van der Waals surface area contributed by atoms with Gasteiger partial charge in [0.2, 0.25) is 5.43 Å². The van der Waals surface area contributed by atoms with Crippen LogP contribution in [0.2, 0.25) is 0 Å². The summed E-state index contributed by atoms with van der Waals surface area (Å²) in [6.07, 6.45) is 1.56. The Morgan fingerprint density at radius 1 is 1.10 bits per heavy atom. The molecule has 7 heteroatoms. The number of amides is 2. The van der Waals surface area contributed by atoms with Gasteiger partial charge in [0.1, 0.15) is 5.69 Å². The van der Waals surface area contributed by atoms with Crippen LogP contribution in [-0.2, 0) is 6.54 Å². The number of rotatable bonds is 5. The molecule has 1 aliphatic heterocycles. The molecule has 0 fully saturated rings. The lowest BCUT2D eigenvalue weighted by atomic mass is 10.0. The second-order valence-corrected chi connectivity index (χ2v) is 6.86. The Hall–Kier alpha value is -3.61. The summed E-state index contributed by atoms with van der Waals surface area (Å²) in [7, 11) is 1.43. The van der Waals surface area contributed by atoms with Gasteiger partial charge in [0.05, 0.1) is 13.3 Å². The third kappa shape index (κ3) is 3.59. The Morgan fingerprint density at radius 2 is 1.90 bits per heavy atom. The van der Waals surface area contributed by atoms with Gasteiger partial charge in [0.25, 0.3) is 11.8 Å². The molecule has 2 heterocycles. The summed E-state index contributed by atoms with van der Waals surface area (Å²) in [5.74, 6) is -0.180. The van der Waals surface area contributed by atoms with Crippen LogP contribution in [0.15, 0.2) is 59.5 Å². The maximum atomic E-state index is 12.7. The smallest absolute Gasteiger partial charge is 0.270 e. The van der Waals surface area contributed by atoms with E-state index in [2.05, 4.69) is 5.32 Å². The zero-order chi connectivity index (χ0) is 20.4. The topological polar surface area (TPSA) is 80.6 Å². The predicted octanol–water partition coefficient (Wildman–Crippen LogP) is 1.90. The molecule has 0 bridgehead atoms. The van der Waals surface area contributed by atoms with Crippen molar-refractivity contribution in [1.29, 1.82) is 0 Å². The normalized spacial score (nSPS) is 13.3. The summed E-state index contributed by atoms with van der Waals surface area (Å²) in [6, 6.07) is 14.6. The predicted molar refractivity (Wildman–Crippen MR) is 109 cm³/mol. The molecular weight excluding hydrogens is 370 g/mol. The molecule has 4 rings (SSSR count). The molecule has 0 saturated heterocycles. The lowest BCUT2D eigenvalue weighted by molar-refractivity contribution is 0.0696. The fraction of sp³-hybridized carbons (Fsp3) is 0.227. The van der Waals surface area contributed by atoms with Gasteiger partial charge >= 0.3 is 0 Å². The lowest BCUT2D eigenvalue weighted by Gasteiger charge is -2.30. The molecule has 29 heavy (non-hydrogen) atoms. The second-order valence-electron chi connectivity index (χ2n) is 6.86. The highest BCUT2D eigenvalue weighted by Crippen LogP contribution is 2.18. The van der Waals surface area contributed by atoms with E-state index in [9.17, 15) is 14.4 Å². The van der Waals surface area contributed by atoms with Crippen LogP contribution in [0.1, 0.15) is 20.8 Å². The number of nitrogens with zero attached hydrogens (tertiary/aromatic N) is 2. The van der Waals surface area contributed by atoms with Gasteiger partial charge in [0, 0.05) is 37.8 Å². The van der Waals surface area contributed by atoms with Crippen molar-refractivity contribution in [3.05, 3.63) is 76.2 Å². The molecule has 1 N–H and O–H groups in total. The van der Waals surface area contributed by atoms with Crippen LogP contribution in [0, 0.1) is 0 Å². The van der Waals surface area contributed by atoms with Gasteiger partial charge in [-0.3, -0.25) is 14.4 Å². The minimum atomic E-state index is -0.321. The zero-order valence-electron chi connectivity index (χ0n) is 16.1. The molecule has 2 aromatic carbocycles. The number of fused-ring (bicyclic) bond motifs is 2. The first-order valence-corrected chi connectivity index (χ1v) is 9.42. The first-order chi connectivity index (χ1) is 14.1. The van der Waals surface area contributed by atoms with Gasteiger partial charge in [-0.15, -0.1) is 0 Å². The van der Waals surface area contributed by atoms with Gasteiger partial charge in [0.15, 0.2) is 5.75 Å². The molecule has 0 unspecified atom stereocenters. The highest BCUT2D eigenvalue weighted by molar-refractivity contribution is 6.07. The van der Waals surface area contributed by atoms with Crippen LogP contribution in [0.4, 0.5) is 0 Å². The highest BCUT2D eigenvalue weighted by Gasteiger charge is 2.25. The molecule has 2 amide bonds. The second kappa shape index (κ2) is 7.79. The summed E-state index contributed by atoms with van der Waals surface area (Å²) >= 11 is 0. The number of carbonyl (C=O) groups excluding carboxylic acids is 2. The highest BCUT2D eigenvalue weighted by atomic mass is 16.5. The number of nitrogens with one attached hydrogen (secondary N) is 1. The van der Waals surface area contributed by atoms with E-state index in [-0.39, 0.29) is 23.0 Å². The molecule has 1 aromatic heterocycles. The Labute approximate surface area is 167 Å². The third-order valence-corrected chi connectivity index (χ3v) is 5.13. The van der Waals surface area contributed by atoms with Gasteiger partial charge in [-0.1, -0.05) is 36.4 Å². The Kier molecular flexibility index (Phi) is 5.03.